The molecular formula is C20H20N4O4S. The molecule has 4 heterocycles. The van der Waals surface area contributed by atoms with Crippen molar-refractivity contribution in [2.45, 2.75) is 12.1 Å². The van der Waals surface area contributed by atoms with Crippen molar-refractivity contribution in [3.8, 4) is 11.3 Å². The molecule has 0 aliphatic carbocycles. The number of thioether (sulfide) groups is 1. The summed E-state index contributed by atoms with van der Waals surface area (Å²) >= 11 is 1.68. The Labute approximate surface area is 171 Å². The molecule has 0 radical (unpaired) electrons. The van der Waals surface area contributed by atoms with Gasteiger partial charge in [0.25, 0.3) is 5.91 Å². The second-order valence-electron chi connectivity index (χ2n) is 7.30. The summed E-state index contributed by atoms with van der Waals surface area (Å²) in [4.78, 5) is 42.2. The number of hydrogen-bond donors (Lipinski definition) is 2. The summed E-state index contributed by atoms with van der Waals surface area (Å²) in [5.41, 5.74) is 1.69. The molecule has 0 saturated carbocycles. The Morgan fingerprint density at radius 2 is 2.10 bits per heavy atom. The van der Waals surface area contributed by atoms with Crippen LogP contribution in [-0.2, 0) is 9.59 Å². The van der Waals surface area contributed by atoms with Gasteiger partial charge in [0.05, 0.1) is 30.1 Å². The van der Waals surface area contributed by atoms with E-state index in [-0.39, 0.29) is 30.3 Å². The molecule has 2 aromatic rings. The number of nitrogens with one attached hydrogen (secondary N) is 2. The number of benzene rings is 1. The Bertz CT molecular complexity index is 971. The van der Waals surface area contributed by atoms with Gasteiger partial charge in [-0.15, -0.1) is 11.8 Å². The van der Waals surface area contributed by atoms with E-state index in [0.29, 0.717) is 30.1 Å². The monoisotopic (exact) mass is 412 g/mol. The lowest BCUT2D eigenvalue weighted by molar-refractivity contribution is -0.137. The van der Waals surface area contributed by atoms with Gasteiger partial charge in [0.2, 0.25) is 11.8 Å². The molecule has 2 atom stereocenters. The van der Waals surface area contributed by atoms with Crippen molar-refractivity contribution in [3.63, 3.8) is 0 Å². The highest BCUT2D eigenvalue weighted by Gasteiger charge is 2.41. The molecule has 1 aromatic carbocycles. The molecule has 0 spiro atoms. The van der Waals surface area contributed by atoms with Crippen LogP contribution in [0.1, 0.15) is 10.4 Å². The van der Waals surface area contributed by atoms with E-state index in [2.05, 4.69) is 10.6 Å². The number of piperazine rings is 1. The first kappa shape index (κ1) is 18.3. The van der Waals surface area contributed by atoms with Crippen LogP contribution in [0.2, 0.25) is 0 Å². The Morgan fingerprint density at radius 3 is 2.86 bits per heavy atom. The van der Waals surface area contributed by atoms with E-state index in [1.165, 1.54) is 0 Å². The van der Waals surface area contributed by atoms with Crippen molar-refractivity contribution >= 4 is 35.2 Å². The SMILES string of the molecule is O=C1Nc2ccc(-c3ccco3)cc2C(=O)N2CCN(C(=O)C3CSCN3)CC12. The fourth-order valence-electron chi connectivity index (χ4n) is 4.02. The summed E-state index contributed by atoms with van der Waals surface area (Å²) in [6.45, 7) is 0.954. The van der Waals surface area contributed by atoms with Crippen LogP contribution in [0.3, 0.4) is 0 Å². The zero-order valence-corrected chi connectivity index (χ0v) is 16.4. The van der Waals surface area contributed by atoms with Crippen molar-refractivity contribution in [2.75, 3.05) is 36.6 Å². The van der Waals surface area contributed by atoms with Gasteiger partial charge in [0, 0.05) is 30.3 Å². The normalized spacial score (nSPS) is 24.0. The van der Waals surface area contributed by atoms with E-state index in [4.69, 9.17) is 4.42 Å². The fourth-order valence-corrected chi connectivity index (χ4v) is 4.95. The van der Waals surface area contributed by atoms with Crippen LogP contribution in [0, 0.1) is 0 Å². The number of fused-ring (bicyclic) bond motifs is 2. The third-order valence-electron chi connectivity index (χ3n) is 5.58. The van der Waals surface area contributed by atoms with Crippen molar-refractivity contribution in [1.82, 2.24) is 15.1 Å². The number of hydrogen-bond acceptors (Lipinski definition) is 6. The summed E-state index contributed by atoms with van der Waals surface area (Å²) in [6.07, 6.45) is 1.58. The van der Waals surface area contributed by atoms with Gasteiger partial charge in [-0.05, 0) is 30.3 Å². The van der Waals surface area contributed by atoms with Gasteiger partial charge in [-0.1, -0.05) is 0 Å². The van der Waals surface area contributed by atoms with Crippen molar-refractivity contribution in [2.24, 2.45) is 0 Å². The summed E-state index contributed by atoms with van der Waals surface area (Å²) in [6, 6.07) is 7.98. The molecule has 2 fully saturated rings. The topological polar surface area (TPSA) is 94.9 Å². The lowest BCUT2D eigenvalue weighted by Crippen LogP contribution is -2.61. The minimum atomic E-state index is -0.700. The predicted molar refractivity (Wildman–Crippen MR) is 108 cm³/mol. The smallest absolute Gasteiger partial charge is 0.256 e. The number of nitrogens with zero attached hydrogens (tertiary/aromatic N) is 2. The second-order valence-corrected chi connectivity index (χ2v) is 8.33. The summed E-state index contributed by atoms with van der Waals surface area (Å²) in [5.74, 6) is 1.66. The minimum Gasteiger partial charge on any atom is -0.464 e. The Balaban J connectivity index is 1.42. The maximum absolute atomic E-state index is 13.3. The van der Waals surface area contributed by atoms with Gasteiger partial charge in [-0.3, -0.25) is 19.7 Å². The average molecular weight is 412 g/mol. The number of rotatable bonds is 2. The van der Waals surface area contributed by atoms with Crippen molar-refractivity contribution in [1.29, 1.82) is 0 Å². The third-order valence-corrected chi connectivity index (χ3v) is 6.52. The highest BCUT2D eigenvalue weighted by Crippen LogP contribution is 2.30. The molecule has 29 heavy (non-hydrogen) atoms. The molecule has 5 rings (SSSR count). The molecule has 3 aliphatic heterocycles. The predicted octanol–water partition coefficient (Wildman–Crippen LogP) is 1.21. The van der Waals surface area contributed by atoms with E-state index in [1.54, 1.807) is 46.0 Å². The van der Waals surface area contributed by atoms with Crippen LogP contribution < -0.4 is 10.6 Å². The molecule has 0 bridgehead atoms. The maximum Gasteiger partial charge on any atom is 0.256 e. The summed E-state index contributed by atoms with van der Waals surface area (Å²) in [7, 11) is 0. The summed E-state index contributed by atoms with van der Waals surface area (Å²) in [5, 5.41) is 6.04. The second kappa shape index (κ2) is 7.23. The van der Waals surface area contributed by atoms with Gasteiger partial charge in [-0.2, -0.15) is 0 Å². The standard InChI is InChI=1S/C20H20N4O4S/c25-18-16-9-23(20(27)15-10-29-11-21-15)5-6-24(16)19(26)13-8-12(3-4-14(13)22-18)17-2-1-7-28-17/h1-4,7-8,15-16,21H,5-6,9-11H2,(H,22,25). The molecular weight excluding hydrogens is 392 g/mol. The fraction of sp³-hybridized carbons (Fsp3) is 0.350. The first-order chi connectivity index (χ1) is 14.1. The molecule has 2 unspecified atom stereocenters. The first-order valence-electron chi connectivity index (χ1n) is 9.51. The third kappa shape index (κ3) is 3.20. The maximum atomic E-state index is 13.3. The largest absolute Gasteiger partial charge is 0.464 e. The number of amides is 3. The molecule has 2 saturated heterocycles. The minimum absolute atomic E-state index is 0.00299. The van der Waals surface area contributed by atoms with Crippen molar-refractivity contribution in [3.05, 3.63) is 42.2 Å². The van der Waals surface area contributed by atoms with E-state index in [0.717, 1.165) is 17.2 Å². The van der Waals surface area contributed by atoms with Gasteiger partial charge in [0.1, 0.15) is 11.8 Å². The Kier molecular flexibility index (Phi) is 4.56. The molecule has 8 nitrogen and oxygen atoms in total. The van der Waals surface area contributed by atoms with Gasteiger partial charge in [-0.25, -0.2) is 0 Å². The van der Waals surface area contributed by atoms with Crippen LogP contribution in [0.25, 0.3) is 11.3 Å². The highest BCUT2D eigenvalue weighted by atomic mass is 32.2. The molecule has 2 N–H and O–H groups in total. The molecule has 3 aliphatic rings. The lowest BCUT2D eigenvalue weighted by atomic mass is 10.0. The zero-order chi connectivity index (χ0) is 20.0. The van der Waals surface area contributed by atoms with Crippen LogP contribution in [0.15, 0.2) is 41.0 Å². The van der Waals surface area contributed by atoms with E-state index >= 15 is 0 Å². The summed E-state index contributed by atoms with van der Waals surface area (Å²) < 4.78 is 5.43. The van der Waals surface area contributed by atoms with Gasteiger partial charge < -0.3 is 19.5 Å². The first-order valence-corrected chi connectivity index (χ1v) is 10.7. The van der Waals surface area contributed by atoms with Gasteiger partial charge in [0.15, 0.2) is 0 Å². The molecule has 150 valence electrons. The van der Waals surface area contributed by atoms with Crippen molar-refractivity contribution < 1.29 is 18.8 Å². The zero-order valence-electron chi connectivity index (χ0n) is 15.6. The van der Waals surface area contributed by atoms with Crippen LogP contribution >= 0.6 is 11.8 Å². The number of carbonyl (C=O) groups is 3. The molecule has 9 heteroatoms. The van der Waals surface area contributed by atoms with Crippen LogP contribution in [0.4, 0.5) is 5.69 Å². The number of furan rings is 1. The number of anilines is 1. The Hall–Kier alpha value is -2.78. The average Bonchev–Trinajstić information content (AvgIpc) is 3.45. The van der Waals surface area contributed by atoms with E-state index < -0.39 is 6.04 Å². The molecule has 3 amide bonds. The molecule has 1 aromatic heterocycles. The lowest BCUT2D eigenvalue weighted by Gasteiger charge is -2.40. The van der Waals surface area contributed by atoms with E-state index in [1.807, 2.05) is 12.1 Å². The van der Waals surface area contributed by atoms with Gasteiger partial charge >= 0.3 is 0 Å². The quantitative estimate of drug-likeness (QED) is 0.770. The highest BCUT2D eigenvalue weighted by molar-refractivity contribution is 7.99. The van der Waals surface area contributed by atoms with Crippen LogP contribution in [0.5, 0.6) is 0 Å². The van der Waals surface area contributed by atoms with E-state index in [9.17, 15) is 14.4 Å². The van der Waals surface area contributed by atoms with Crippen LogP contribution in [-0.4, -0.2) is 70.9 Å². The number of carbonyl (C=O) groups excluding carboxylic acids is 3. The Morgan fingerprint density at radius 1 is 1.21 bits per heavy atom.